The van der Waals surface area contributed by atoms with Crippen LogP contribution in [0.25, 0.3) is 0 Å². The summed E-state index contributed by atoms with van der Waals surface area (Å²) in [4.78, 5) is 18.8. The Hall–Kier alpha value is -1.93. The van der Waals surface area contributed by atoms with Crippen LogP contribution in [0.15, 0.2) is 35.6 Å². The van der Waals surface area contributed by atoms with E-state index in [9.17, 15) is 4.79 Å². The number of amides is 1. The number of nitrogens with zero attached hydrogens (tertiary/aromatic N) is 6. The van der Waals surface area contributed by atoms with Crippen LogP contribution >= 0.6 is 23.4 Å². The fourth-order valence-electron chi connectivity index (χ4n) is 1.99. The van der Waals surface area contributed by atoms with Crippen molar-refractivity contribution in [3.8, 4) is 0 Å². The molecule has 2 heterocycles. The minimum atomic E-state index is -0.157. The average molecular weight is 337 g/mol. The Balaban J connectivity index is 1.90. The number of hydrogen-bond donors (Lipinski definition) is 0. The lowest BCUT2D eigenvalue weighted by atomic mass is 10.3. The van der Waals surface area contributed by atoms with Gasteiger partial charge in [0.05, 0.1) is 11.7 Å². The summed E-state index contributed by atoms with van der Waals surface area (Å²) in [5.41, 5.74) is 0.725. The second-order valence-electron chi connectivity index (χ2n) is 4.78. The molecule has 1 aromatic heterocycles. The van der Waals surface area contributed by atoms with Gasteiger partial charge in [-0.2, -0.15) is 0 Å². The Bertz CT molecular complexity index is 687. The van der Waals surface area contributed by atoms with Crippen molar-refractivity contribution < 1.29 is 4.79 Å². The van der Waals surface area contributed by atoms with Crippen LogP contribution in [0.3, 0.4) is 0 Å². The van der Waals surface area contributed by atoms with E-state index in [-0.39, 0.29) is 18.5 Å². The standard InChI is InChI=1S/C13H13ClN6OS/c1-9-7-22-13(16-9)20(11-4-2-10(14)3-5-11)12(21)6-19-8-15-17-18-19/h2-5,8-9H,6-7H2,1H3/t9-/m1/s1. The topological polar surface area (TPSA) is 76.3 Å². The highest BCUT2D eigenvalue weighted by Gasteiger charge is 2.27. The van der Waals surface area contributed by atoms with Gasteiger partial charge in [-0.05, 0) is 41.6 Å². The molecule has 1 aliphatic heterocycles. The van der Waals surface area contributed by atoms with Gasteiger partial charge in [0.25, 0.3) is 5.91 Å². The monoisotopic (exact) mass is 336 g/mol. The molecule has 0 N–H and O–H groups in total. The van der Waals surface area contributed by atoms with Gasteiger partial charge in [-0.25, -0.2) is 4.68 Å². The zero-order chi connectivity index (χ0) is 15.5. The third kappa shape index (κ3) is 3.28. The maximum atomic E-state index is 12.7. The SMILES string of the molecule is C[C@@H]1CSC(N(C(=O)Cn2cnnn2)c2ccc(Cl)cc2)=N1. The van der Waals surface area contributed by atoms with E-state index in [0.29, 0.717) is 10.2 Å². The third-order valence-electron chi connectivity index (χ3n) is 3.00. The van der Waals surface area contributed by atoms with Gasteiger partial charge in [-0.3, -0.25) is 14.7 Å². The van der Waals surface area contributed by atoms with Crippen LogP contribution in [-0.4, -0.2) is 43.1 Å². The Kier molecular flexibility index (Phi) is 4.39. The Labute approximate surface area is 136 Å². The molecule has 0 aliphatic carbocycles. The van der Waals surface area contributed by atoms with E-state index in [1.807, 2.05) is 6.92 Å². The quantitative estimate of drug-likeness (QED) is 0.855. The molecule has 3 rings (SSSR count). The molecule has 0 saturated heterocycles. The minimum Gasteiger partial charge on any atom is -0.272 e. The Morgan fingerprint density at radius 3 is 2.82 bits per heavy atom. The summed E-state index contributed by atoms with van der Waals surface area (Å²) in [7, 11) is 0. The van der Waals surface area contributed by atoms with Gasteiger partial charge < -0.3 is 0 Å². The summed E-state index contributed by atoms with van der Waals surface area (Å²) < 4.78 is 1.38. The van der Waals surface area contributed by atoms with Crippen LogP contribution in [0.5, 0.6) is 0 Å². The molecule has 0 unspecified atom stereocenters. The number of hydrogen-bond acceptors (Lipinski definition) is 6. The first-order valence-corrected chi connectivity index (χ1v) is 8.00. The number of anilines is 1. The lowest BCUT2D eigenvalue weighted by Crippen LogP contribution is -2.37. The first kappa shape index (κ1) is 15.0. The lowest BCUT2D eigenvalue weighted by Gasteiger charge is -2.21. The highest BCUT2D eigenvalue weighted by molar-refractivity contribution is 8.14. The minimum absolute atomic E-state index is 0.0452. The van der Waals surface area contributed by atoms with Crippen LogP contribution in [0.2, 0.25) is 5.02 Å². The number of aliphatic imine (C=N–C) groups is 1. The summed E-state index contributed by atoms with van der Waals surface area (Å²) in [6, 6.07) is 7.28. The fourth-order valence-corrected chi connectivity index (χ4v) is 3.18. The maximum absolute atomic E-state index is 12.7. The van der Waals surface area contributed by atoms with Gasteiger partial charge in [0.2, 0.25) is 0 Å². The molecule has 0 spiro atoms. The van der Waals surface area contributed by atoms with Crippen molar-refractivity contribution in [2.24, 2.45) is 4.99 Å². The molecule has 114 valence electrons. The Morgan fingerprint density at radius 2 is 2.23 bits per heavy atom. The number of tetrazole rings is 1. The number of amidine groups is 1. The van der Waals surface area contributed by atoms with E-state index in [1.54, 1.807) is 40.9 Å². The maximum Gasteiger partial charge on any atom is 0.254 e. The molecule has 1 amide bonds. The average Bonchev–Trinajstić information content (AvgIpc) is 3.13. The van der Waals surface area contributed by atoms with Crippen LogP contribution < -0.4 is 4.90 Å². The molecule has 1 atom stereocenters. The van der Waals surface area contributed by atoms with Gasteiger partial charge in [-0.15, -0.1) is 5.10 Å². The van der Waals surface area contributed by atoms with E-state index in [2.05, 4.69) is 20.5 Å². The van der Waals surface area contributed by atoms with Crippen molar-refractivity contribution >= 4 is 40.1 Å². The predicted molar refractivity (Wildman–Crippen MR) is 86.1 cm³/mol. The predicted octanol–water partition coefficient (Wildman–Crippen LogP) is 1.85. The fraction of sp³-hybridized carbons (Fsp3) is 0.308. The van der Waals surface area contributed by atoms with Crippen molar-refractivity contribution in [3.63, 3.8) is 0 Å². The lowest BCUT2D eigenvalue weighted by molar-refractivity contribution is -0.118. The van der Waals surface area contributed by atoms with E-state index < -0.39 is 0 Å². The molecule has 7 nitrogen and oxygen atoms in total. The number of halogens is 1. The molecule has 0 fully saturated rings. The molecule has 0 radical (unpaired) electrons. The van der Waals surface area contributed by atoms with E-state index in [1.165, 1.54) is 11.0 Å². The van der Waals surface area contributed by atoms with Crippen LogP contribution in [-0.2, 0) is 11.3 Å². The van der Waals surface area contributed by atoms with Crippen LogP contribution in [0.4, 0.5) is 5.69 Å². The van der Waals surface area contributed by atoms with Crippen LogP contribution in [0, 0.1) is 0 Å². The van der Waals surface area contributed by atoms with Gasteiger partial charge in [-0.1, -0.05) is 23.4 Å². The van der Waals surface area contributed by atoms with Gasteiger partial charge in [0, 0.05) is 10.8 Å². The van der Waals surface area contributed by atoms with Crippen LogP contribution in [0.1, 0.15) is 6.92 Å². The second-order valence-corrected chi connectivity index (χ2v) is 6.21. The summed E-state index contributed by atoms with van der Waals surface area (Å²) in [6.45, 7) is 2.06. The molecule has 22 heavy (non-hydrogen) atoms. The molecule has 1 aromatic carbocycles. The number of thioether (sulfide) groups is 1. The zero-order valence-corrected chi connectivity index (χ0v) is 13.3. The van der Waals surface area contributed by atoms with E-state index in [0.717, 1.165) is 11.4 Å². The van der Waals surface area contributed by atoms with Crippen molar-refractivity contribution in [1.29, 1.82) is 0 Å². The molecule has 2 aromatic rings. The smallest absolute Gasteiger partial charge is 0.254 e. The number of carbonyl (C=O) groups is 1. The summed E-state index contributed by atoms with van der Waals surface area (Å²) in [5.74, 6) is 0.701. The van der Waals surface area contributed by atoms with Crippen molar-refractivity contribution in [2.75, 3.05) is 10.7 Å². The molecule has 1 aliphatic rings. The molecule has 0 saturated carbocycles. The summed E-state index contributed by atoms with van der Waals surface area (Å²) in [5, 5.41) is 12.1. The van der Waals surface area contributed by atoms with Crippen molar-refractivity contribution in [1.82, 2.24) is 20.2 Å². The number of carbonyl (C=O) groups excluding carboxylic acids is 1. The highest BCUT2D eigenvalue weighted by Crippen LogP contribution is 2.27. The highest BCUT2D eigenvalue weighted by atomic mass is 35.5. The van der Waals surface area contributed by atoms with E-state index in [4.69, 9.17) is 11.6 Å². The zero-order valence-electron chi connectivity index (χ0n) is 11.8. The number of aromatic nitrogens is 4. The second kappa shape index (κ2) is 6.45. The van der Waals surface area contributed by atoms with E-state index >= 15 is 0 Å². The Morgan fingerprint density at radius 1 is 1.45 bits per heavy atom. The number of rotatable bonds is 3. The van der Waals surface area contributed by atoms with Crippen molar-refractivity contribution in [3.05, 3.63) is 35.6 Å². The first-order chi connectivity index (χ1) is 10.6. The molecule has 0 bridgehead atoms. The van der Waals surface area contributed by atoms with Crippen molar-refractivity contribution in [2.45, 2.75) is 19.5 Å². The summed E-state index contributed by atoms with van der Waals surface area (Å²) in [6.07, 6.45) is 1.41. The summed E-state index contributed by atoms with van der Waals surface area (Å²) >= 11 is 7.48. The molecule has 9 heteroatoms. The first-order valence-electron chi connectivity index (χ1n) is 6.63. The number of benzene rings is 1. The van der Waals surface area contributed by atoms with Gasteiger partial charge in [0.15, 0.2) is 5.17 Å². The molecular formula is C13H13ClN6OS. The van der Waals surface area contributed by atoms with Gasteiger partial charge in [0.1, 0.15) is 12.9 Å². The normalized spacial score (nSPS) is 17.4. The largest absolute Gasteiger partial charge is 0.272 e. The van der Waals surface area contributed by atoms with Gasteiger partial charge >= 0.3 is 0 Å². The third-order valence-corrected chi connectivity index (χ3v) is 4.45. The molecular weight excluding hydrogens is 324 g/mol.